The summed E-state index contributed by atoms with van der Waals surface area (Å²) in [5.41, 5.74) is -0.0271. The van der Waals surface area contributed by atoms with Crippen molar-refractivity contribution in [2.75, 3.05) is 6.61 Å². The van der Waals surface area contributed by atoms with Gasteiger partial charge in [0.25, 0.3) is 0 Å². The van der Waals surface area contributed by atoms with E-state index in [0.717, 1.165) is 0 Å². The van der Waals surface area contributed by atoms with Gasteiger partial charge in [-0.3, -0.25) is 0 Å². The lowest BCUT2D eigenvalue weighted by Crippen LogP contribution is -2.02. The second kappa shape index (κ2) is 4.62. The molecule has 4 nitrogen and oxygen atoms in total. The lowest BCUT2D eigenvalue weighted by Gasteiger charge is -2.05. The molecule has 1 heterocycles. The normalized spacial score (nSPS) is 9.50. The van der Waals surface area contributed by atoms with Crippen molar-refractivity contribution in [3.8, 4) is 5.88 Å². The van der Waals surface area contributed by atoms with Crippen LogP contribution in [0.25, 0.3) is 0 Å². The third kappa shape index (κ3) is 2.23. The molecule has 1 rings (SSSR count). The van der Waals surface area contributed by atoms with Gasteiger partial charge >= 0.3 is 5.97 Å². The standard InChI is InChI=1S/C9H8ClNO3/c1-2-5-14-8-7(10)6(9(12)13)3-4-11-8/h2-4H,1,5H2,(H,12,13). The van der Waals surface area contributed by atoms with Crippen LogP contribution in [-0.4, -0.2) is 22.7 Å². The van der Waals surface area contributed by atoms with Gasteiger partial charge in [0.15, 0.2) is 0 Å². The van der Waals surface area contributed by atoms with E-state index >= 15 is 0 Å². The Morgan fingerprint density at radius 3 is 3.07 bits per heavy atom. The maximum absolute atomic E-state index is 10.7. The number of carboxylic acids is 1. The van der Waals surface area contributed by atoms with Crippen LogP contribution in [0.4, 0.5) is 0 Å². The van der Waals surface area contributed by atoms with Crippen molar-refractivity contribution in [3.63, 3.8) is 0 Å². The smallest absolute Gasteiger partial charge is 0.337 e. The van der Waals surface area contributed by atoms with Crippen molar-refractivity contribution in [1.82, 2.24) is 4.98 Å². The van der Waals surface area contributed by atoms with Crippen LogP contribution in [0.2, 0.25) is 5.02 Å². The molecule has 0 spiro atoms. The summed E-state index contributed by atoms with van der Waals surface area (Å²) < 4.78 is 5.05. The van der Waals surface area contributed by atoms with Gasteiger partial charge in [-0.15, -0.1) is 0 Å². The van der Waals surface area contributed by atoms with Gasteiger partial charge in [-0.25, -0.2) is 9.78 Å². The van der Waals surface area contributed by atoms with E-state index in [1.807, 2.05) is 0 Å². The van der Waals surface area contributed by atoms with Gasteiger partial charge in [0.2, 0.25) is 5.88 Å². The molecule has 74 valence electrons. The predicted molar refractivity (Wildman–Crippen MR) is 51.9 cm³/mol. The monoisotopic (exact) mass is 213 g/mol. The van der Waals surface area contributed by atoms with E-state index in [1.165, 1.54) is 18.3 Å². The second-order valence-corrected chi connectivity index (χ2v) is 2.76. The summed E-state index contributed by atoms with van der Waals surface area (Å²) in [6.07, 6.45) is 2.85. The van der Waals surface area contributed by atoms with E-state index in [4.69, 9.17) is 21.4 Å². The van der Waals surface area contributed by atoms with Gasteiger partial charge in [-0.1, -0.05) is 24.3 Å². The molecule has 1 aromatic rings. The zero-order valence-electron chi connectivity index (χ0n) is 7.24. The first-order chi connectivity index (χ1) is 6.66. The minimum atomic E-state index is -1.11. The van der Waals surface area contributed by atoms with Gasteiger partial charge in [0, 0.05) is 6.20 Å². The number of aromatic carboxylic acids is 1. The third-order valence-corrected chi connectivity index (χ3v) is 1.79. The number of ether oxygens (including phenoxy) is 1. The van der Waals surface area contributed by atoms with Crippen LogP contribution in [-0.2, 0) is 0 Å². The molecule has 0 saturated carbocycles. The Morgan fingerprint density at radius 1 is 1.79 bits per heavy atom. The molecule has 0 aliphatic rings. The summed E-state index contributed by atoms with van der Waals surface area (Å²) in [6.45, 7) is 3.68. The predicted octanol–water partition coefficient (Wildman–Crippen LogP) is 2.00. The maximum Gasteiger partial charge on any atom is 0.337 e. The summed E-state index contributed by atoms with van der Waals surface area (Å²) in [6, 6.07) is 1.31. The Morgan fingerprint density at radius 2 is 2.50 bits per heavy atom. The van der Waals surface area contributed by atoms with E-state index in [-0.39, 0.29) is 23.1 Å². The molecule has 1 aromatic heterocycles. The van der Waals surface area contributed by atoms with Crippen LogP contribution in [0.3, 0.4) is 0 Å². The van der Waals surface area contributed by atoms with Crippen LogP contribution in [0.1, 0.15) is 10.4 Å². The number of nitrogens with zero attached hydrogens (tertiary/aromatic N) is 1. The van der Waals surface area contributed by atoms with Gasteiger partial charge in [0.1, 0.15) is 11.6 Å². The van der Waals surface area contributed by atoms with Crippen LogP contribution in [0.15, 0.2) is 24.9 Å². The Labute approximate surface area is 85.8 Å². The molecular weight excluding hydrogens is 206 g/mol. The molecule has 0 saturated heterocycles. The molecule has 0 radical (unpaired) electrons. The number of hydrogen-bond donors (Lipinski definition) is 1. The first kappa shape index (κ1) is 10.5. The van der Waals surface area contributed by atoms with E-state index in [1.54, 1.807) is 0 Å². The molecule has 0 fully saturated rings. The Bertz CT molecular complexity index is 365. The fourth-order valence-corrected chi connectivity index (χ4v) is 1.08. The van der Waals surface area contributed by atoms with Crippen LogP contribution in [0.5, 0.6) is 5.88 Å². The summed E-state index contributed by atoms with van der Waals surface area (Å²) in [5.74, 6) is -1.01. The molecule has 0 atom stereocenters. The van der Waals surface area contributed by atoms with Crippen molar-refractivity contribution >= 4 is 17.6 Å². The average Bonchev–Trinajstić information content (AvgIpc) is 2.16. The number of halogens is 1. The first-order valence-corrected chi connectivity index (χ1v) is 4.16. The van der Waals surface area contributed by atoms with Crippen LogP contribution in [0, 0.1) is 0 Å². The van der Waals surface area contributed by atoms with Gasteiger partial charge in [-0.2, -0.15) is 0 Å². The Balaban J connectivity index is 3.01. The molecule has 0 aromatic carbocycles. The summed E-state index contributed by atoms with van der Waals surface area (Å²) in [4.78, 5) is 14.5. The third-order valence-electron chi connectivity index (χ3n) is 1.43. The number of hydrogen-bond acceptors (Lipinski definition) is 3. The fraction of sp³-hybridized carbons (Fsp3) is 0.111. The molecular formula is C9H8ClNO3. The van der Waals surface area contributed by atoms with Crippen molar-refractivity contribution in [2.45, 2.75) is 0 Å². The molecule has 0 aliphatic carbocycles. The van der Waals surface area contributed by atoms with Crippen LogP contribution < -0.4 is 4.74 Å². The van der Waals surface area contributed by atoms with E-state index in [9.17, 15) is 4.79 Å². The SMILES string of the molecule is C=CCOc1nccc(C(=O)O)c1Cl. The van der Waals surface area contributed by atoms with E-state index in [2.05, 4.69) is 11.6 Å². The summed E-state index contributed by atoms with van der Waals surface area (Å²) >= 11 is 5.74. The van der Waals surface area contributed by atoms with Crippen molar-refractivity contribution < 1.29 is 14.6 Å². The number of pyridine rings is 1. The Kier molecular flexibility index (Phi) is 3.48. The lowest BCUT2D eigenvalue weighted by molar-refractivity contribution is 0.0696. The fourth-order valence-electron chi connectivity index (χ4n) is 0.828. The molecule has 0 bridgehead atoms. The minimum Gasteiger partial charge on any atom is -0.478 e. The minimum absolute atomic E-state index is 0.00171. The molecule has 0 amide bonds. The van der Waals surface area contributed by atoms with Gasteiger partial charge in [0.05, 0.1) is 5.56 Å². The lowest BCUT2D eigenvalue weighted by atomic mass is 10.3. The molecule has 5 heteroatoms. The Hall–Kier alpha value is -1.55. The average molecular weight is 214 g/mol. The summed E-state index contributed by atoms with van der Waals surface area (Å²) in [5, 5.41) is 8.73. The highest BCUT2D eigenvalue weighted by Gasteiger charge is 2.13. The van der Waals surface area contributed by atoms with Crippen molar-refractivity contribution in [2.24, 2.45) is 0 Å². The van der Waals surface area contributed by atoms with E-state index < -0.39 is 5.97 Å². The summed E-state index contributed by atoms with van der Waals surface area (Å²) in [7, 11) is 0. The second-order valence-electron chi connectivity index (χ2n) is 2.38. The largest absolute Gasteiger partial charge is 0.478 e. The zero-order chi connectivity index (χ0) is 10.6. The molecule has 1 N–H and O–H groups in total. The highest BCUT2D eigenvalue weighted by Crippen LogP contribution is 2.25. The van der Waals surface area contributed by atoms with Crippen LogP contribution >= 0.6 is 11.6 Å². The number of aromatic nitrogens is 1. The highest BCUT2D eigenvalue weighted by molar-refractivity contribution is 6.34. The van der Waals surface area contributed by atoms with Crippen molar-refractivity contribution in [1.29, 1.82) is 0 Å². The van der Waals surface area contributed by atoms with Gasteiger partial charge < -0.3 is 9.84 Å². The first-order valence-electron chi connectivity index (χ1n) is 3.78. The number of carboxylic acid groups (broad SMARTS) is 1. The maximum atomic E-state index is 10.7. The van der Waals surface area contributed by atoms with Gasteiger partial charge in [-0.05, 0) is 6.07 Å². The molecule has 0 aliphatic heterocycles. The number of carbonyl (C=O) groups is 1. The zero-order valence-corrected chi connectivity index (χ0v) is 7.99. The van der Waals surface area contributed by atoms with Crippen molar-refractivity contribution in [3.05, 3.63) is 35.5 Å². The quantitative estimate of drug-likeness (QED) is 0.778. The molecule has 14 heavy (non-hydrogen) atoms. The molecule has 0 unspecified atom stereocenters. The topological polar surface area (TPSA) is 59.4 Å². The highest BCUT2D eigenvalue weighted by atomic mass is 35.5. The number of rotatable bonds is 4. The van der Waals surface area contributed by atoms with E-state index in [0.29, 0.717) is 0 Å².